The van der Waals surface area contributed by atoms with Gasteiger partial charge in [0.05, 0.1) is 11.9 Å². The lowest BCUT2D eigenvalue weighted by Gasteiger charge is -2.12. The summed E-state index contributed by atoms with van der Waals surface area (Å²) < 4.78 is 1.64. The van der Waals surface area contributed by atoms with Gasteiger partial charge in [-0.1, -0.05) is 6.07 Å². The van der Waals surface area contributed by atoms with Crippen molar-refractivity contribution < 1.29 is 5.11 Å². The van der Waals surface area contributed by atoms with Crippen LogP contribution in [0.1, 0.15) is 22.5 Å². The Balaban J connectivity index is 2.05. The molecule has 1 aromatic carbocycles. The SMILES string of the molecule is Cc1cc(C)cc(-n2c(O)cnc2Nc2nc(C)cc(C)n2)c1. The molecule has 0 fully saturated rings. The Morgan fingerprint density at radius 1 is 0.913 bits per heavy atom. The van der Waals surface area contributed by atoms with E-state index in [-0.39, 0.29) is 5.88 Å². The number of benzene rings is 1. The molecule has 0 spiro atoms. The fraction of sp³-hybridized carbons (Fsp3) is 0.235. The summed E-state index contributed by atoms with van der Waals surface area (Å²) in [7, 11) is 0. The maximum atomic E-state index is 10.2. The minimum Gasteiger partial charge on any atom is -0.493 e. The molecule has 6 heteroatoms. The third-order valence-electron chi connectivity index (χ3n) is 3.41. The number of anilines is 2. The molecular weight excluding hydrogens is 290 g/mol. The summed E-state index contributed by atoms with van der Waals surface area (Å²) in [5.74, 6) is 0.984. The van der Waals surface area contributed by atoms with Crippen LogP contribution in [0.5, 0.6) is 5.88 Å². The van der Waals surface area contributed by atoms with Crippen molar-refractivity contribution in [2.45, 2.75) is 27.7 Å². The first-order valence-corrected chi connectivity index (χ1v) is 7.37. The Labute approximate surface area is 134 Å². The van der Waals surface area contributed by atoms with Crippen LogP contribution in [0.15, 0.2) is 30.5 Å². The van der Waals surface area contributed by atoms with Crippen molar-refractivity contribution in [2.75, 3.05) is 5.32 Å². The minimum atomic E-state index is 0.0573. The zero-order valence-electron chi connectivity index (χ0n) is 13.6. The van der Waals surface area contributed by atoms with Crippen LogP contribution in [0.25, 0.3) is 5.69 Å². The first kappa shape index (κ1) is 15.0. The second-order valence-electron chi connectivity index (χ2n) is 5.72. The highest BCUT2D eigenvalue weighted by Gasteiger charge is 2.13. The van der Waals surface area contributed by atoms with Gasteiger partial charge in [-0.25, -0.2) is 19.5 Å². The molecule has 2 heterocycles. The fourth-order valence-electron chi connectivity index (χ4n) is 2.65. The molecule has 23 heavy (non-hydrogen) atoms. The van der Waals surface area contributed by atoms with Crippen molar-refractivity contribution in [3.05, 3.63) is 53.0 Å². The van der Waals surface area contributed by atoms with E-state index in [0.29, 0.717) is 11.9 Å². The first-order chi connectivity index (χ1) is 10.9. The van der Waals surface area contributed by atoms with E-state index in [1.54, 1.807) is 4.57 Å². The molecule has 3 rings (SSSR count). The van der Waals surface area contributed by atoms with Gasteiger partial charge in [-0.3, -0.25) is 5.32 Å². The number of aromatic hydroxyl groups is 1. The molecule has 2 N–H and O–H groups in total. The van der Waals surface area contributed by atoms with E-state index in [0.717, 1.165) is 28.2 Å². The number of hydrogen-bond donors (Lipinski definition) is 2. The quantitative estimate of drug-likeness (QED) is 0.776. The predicted octanol–water partition coefficient (Wildman–Crippen LogP) is 3.35. The maximum Gasteiger partial charge on any atom is 0.229 e. The molecule has 0 amide bonds. The van der Waals surface area contributed by atoms with E-state index in [2.05, 4.69) is 26.3 Å². The van der Waals surface area contributed by atoms with Crippen molar-refractivity contribution in [2.24, 2.45) is 0 Å². The molecule has 6 nitrogen and oxygen atoms in total. The number of nitrogens with zero attached hydrogens (tertiary/aromatic N) is 4. The maximum absolute atomic E-state index is 10.2. The van der Waals surface area contributed by atoms with Gasteiger partial charge in [0.2, 0.25) is 17.8 Å². The largest absolute Gasteiger partial charge is 0.493 e. The van der Waals surface area contributed by atoms with Crippen LogP contribution in [0, 0.1) is 27.7 Å². The van der Waals surface area contributed by atoms with Gasteiger partial charge in [0.25, 0.3) is 0 Å². The second kappa shape index (κ2) is 5.72. The highest BCUT2D eigenvalue weighted by Crippen LogP contribution is 2.26. The van der Waals surface area contributed by atoms with Crippen LogP contribution in [-0.2, 0) is 0 Å². The third-order valence-corrected chi connectivity index (χ3v) is 3.41. The van der Waals surface area contributed by atoms with Crippen molar-refractivity contribution in [3.8, 4) is 11.6 Å². The summed E-state index contributed by atoms with van der Waals surface area (Å²) in [6.45, 7) is 7.86. The zero-order chi connectivity index (χ0) is 16.6. The second-order valence-corrected chi connectivity index (χ2v) is 5.72. The molecule has 0 saturated carbocycles. The fourth-order valence-corrected chi connectivity index (χ4v) is 2.65. The smallest absolute Gasteiger partial charge is 0.229 e. The Morgan fingerprint density at radius 3 is 2.13 bits per heavy atom. The van der Waals surface area contributed by atoms with Gasteiger partial charge in [-0.15, -0.1) is 0 Å². The summed E-state index contributed by atoms with van der Waals surface area (Å²) in [4.78, 5) is 12.9. The first-order valence-electron chi connectivity index (χ1n) is 7.37. The minimum absolute atomic E-state index is 0.0573. The molecule has 0 atom stereocenters. The monoisotopic (exact) mass is 309 g/mol. The standard InChI is InChI=1S/C17H19N5O/c1-10-5-11(2)7-14(6-10)22-15(23)9-18-17(22)21-16-19-12(3)8-13(4)20-16/h5-9,23H,1-4H3,(H,18,19,20,21). The van der Waals surface area contributed by atoms with E-state index in [1.807, 2.05) is 45.9 Å². The lowest BCUT2D eigenvalue weighted by atomic mass is 10.1. The van der Waals surface area contributed by atoms with Crippen LogP contribution in [-0.4, -0.2) is 24.6 Å². The zero-order valence-corrected chi connectivity index (χ0v) is 13.6. The van der Waals surface area contributed by atoms with E-state index >= 15 is 0 Å². The number of rotatable bonds is 3. The van der Waals surface area contributed by atoms with E-state index < -0.39 is 0 Å². The molecule has 0 bridgehead atoms. The summed E-state index contributed by atoms with van der Waals surface area (Å²) in [5.41, 5.74) is 4.80. The number of hydrogen-bond acceptors (Lipinski definition) is 5. The molecule has 2 aromatic heterocycles. The van der Waals surface area contributed by atoms with E-state index in [4.69, 9.17) is 0 Å². The number of aryl methyl sites for hydroxylation is 4. The molecule has 0 aliphatic heterocycles. The lowest BCUT2D eigenvalue weighted by Crippen LogP contribution is -2.06. The summed E-state index contributed by atoms with van der Waals surface area (Å²) in [6.07, 6.45) is 1.41. The molecule has 0 unspecified atom stereocenters. The van der Waals surface area contributed by atoms with Gasteiger partial charge in [0.15, 0.2) is 0 Å². The Kier molecular flexibility index (Phi) is 3.73. The number of nitrogens with one attached hydrogen (secondary N) is 1. The lowest BCUT2D eigenvalue weighted by molar-refractivity contribution is 0.443. The van der Waals surface area contributed by atoms with E-state index in [9.17, 15) is 5.11 Å². The molecule has 0 aliphatic carbocycles. The Hall–Kier alpha value is -2.89. The summed E-state index contributed by atoms with van der Waals surface area (Å²) in [5, 5.41) is 13.3. The molecule has 0 saturated heterocycles. The van der Waals surface area contributed by atoms with Crippen LogP contribution in [0.2, 0.25) is 0 Å². The molecule has 118 valence electrons. The molecular formula is C17H19N5O. The molecule has 0 aliphatic rings. The van der Waals surface area contributed by atoms with Crippen LogP contribution >= 0.6 is 0 Å². The summed E-state index contributed by atoms with van der Waals surface area (Å²) >= 11 is 0. The third kappa shape index (κ3) is 3.15. The number of aromatic nitrogens is 4. The van der Waals surface area contributed by atoms with Crippen LogP contribution < -0.4 is 5.32 Å². The van der Waals surface area contributed by atoms with Gasteiger partial charge < -0.3 is 5.11 Å². The number of imidazole rings is 1. The van der Waals surface area contributed by atoms with Crippen LogP contribution in [0.3, 0.4) is 0 Å². The van der Waals surface area contributed by atoms with Crippen molar-refractivity contribution in [3.63, 3.8) is 0 Å². The highest BCUT2D eigenvalue weighted by molar-refractivity contribution is 5.53. The average Bonchev–Trinajstić information content (AvgIpc) is 2.77. The predicted molar refractivity (Wildman–Crippen MR) is 89.5 cm³/mol. The van der Waals surface area contributed by atoms with E-state index in [1.165, 1.54) is 6.20 Å². The Morgan fingerprint density at radius 2 is 1.52 bits per heavy atom. The van der Waals surface area contributed by atoms with Gasteiger partial charge >= 0.3 is 0 Å². The highest BCUT2D eigenvalue weighted by atomic mass is 16.3. The van der Waals surface area contributed by atoms with Crippen molar-refractivity contribution in [1.82, 2.24) is 19.5 Å². The topological polar surface area (TPSA) is 75.9 Å². The van der Waals surface area contributed by atoms with Gasteiger partial charge in [-0.2, -0.15) is 0 Å². The molecule has 3 aromatic rings. The summed E-state index contributed by atoms with van der Waals surface area (Å²) in [6, 6.07) is 7.96. The van der Waals surface area contributed by atoms with Crippen molar-refractivity contribution in [1.29, 1.82) is 0 Å². The van der Waals surface area contributed by atoms with Gasteiger partial charge in [-0.05, 0) is 57.0 Å². The normalized spacial score (nSPS) is 10.8. The van der Waals surface area contributed by atoms with Crippen LogP contribution in [0.4, 0.5) is 11.9 Å². The Bertz CT molecular complexity index is 829. The molecule has 0 radical (unpaired) electrons. The van der Waals surface area contributed by atoms with Crippen molar-refractivity contribution >= 4 is 11.9 Å². The van der Waals surface area contributed by atoms with Gasteiger partial charge in [0, 0.05) is 11.4 Å². The average molecular weight is 309 g/mol. The van der Waals surface area contributed by atoms with Gasteiger partial charge in [0.1, 0.15) is 0 Å².